The monoisotopic (exact) mass is 213 g/mol. The molecule has 0 saturated heterocycles. The van der Waals surface area contributed by atoms with E-state index < -0.39 is 0 Å². The summed E-state index contributed by atoms with van der Waals surface area (Å²) in [6, 6.07) is 9.69. The zero-order chi connectivity index (χ0) is 11.2. The maximum atomic E-state index is 8.90. The quantitative estimate of drug-likeness (QED) is 0.793. The van der Waals surface area contributed by atoms with Crippen LogP contribution in [0.4, 0.5) is 0 Å². The van der Waals surface area contributed by atoms with Gasteiger partial charge >= 0.3 is 0 Å². The van der Waals surface area contributed by atoms with E-state index in [4.69, 9.17) is 5.26 Å². The highest BCUT2D eigenvalue weighted by Crippen LogP contribution is 2.06. The summed E-state index contributed by atoms with van der Waals surface area (Å²) in [7, 11) is 0. The van der Waals surface area contributed by atoms with Gasteiger partial charge in [0.05, 0.1) is 18.2 Å². The highest BCUT2D eigenvalue weighted by Gasteiger charge is 2.00. The Morgan fingerprint density at radius 2 is 2.19 bits per heavy atom. The first-order valence-corrected chi connectivity index (χ1v) is 4.93. The van der Waals surface area contributed by atoms with Crippen molar-refractivity contribution in [2.75, 3.05) is 0 Å². The summed E-state index contributed by atoms with van der Waals surface area (Å²) < 4.78 is 0. The van der Waals surface area contributed by atoms with Crippen molar-refractivity contribution in [3.05, 3.63) is 47.5 Å². The van der Waals surface area contributed by atoms with Gasteiger partial charge in [-0.25, -0.2) is 4.98 Å². The summed E-state index contributed by atoms with van der Waals surface area (Å²) in [6.07, 6.45) is 1.47. The molecule has 0 saturated carbocycles. The summed E-state index contributed by atoms with van der Waals surface area (Å²) in [5, 5.41) is 18.6. The van der Waals surface area contributed by atoms with Gasteiger partial charge in [0.2, 0.25) is 0 Å². The second-order valence-electron chi connectivity index (χ2n) is 3.30. The Hall–Kier alpha value is -2.19. The van der Waals surface area contributed by atoms with Crippen LogP contribution >= 0.6 is 0 Å². The van der Waals surface area contributed by atoms with Crippen LogP contribution in [0.3, 0.4) is 0 Å². The second-order valence-corrected chi connectivity index (χ2v) is 3.30. The van der Waals surface area contributed by atoms with Crippen LogP contribution in [-0.4, -0.2) is 15.2 Å². The third-order valence-electron chi connectivity index (χ3n) is 2.21. The lowest BCUT2D eigenvalue weighted by molar-refractivity contribution is 0.664. The van der Waals surface area contributed by atoms with Crippen LogP contribution < -0.4 is 5.32 Å². The highest BCUT2D eigenvalue weighted by atomic mass is 15.2. The zero-order valence-electron chi connectivity index (χ0n) is 8.64. The zero-order valence-corrected chi connectivity index (χ0v) is 8.64. The normalized spacial score (nSPS) is 9.94. The minimum atomic E-state index is 0.611. The molecule has 2 rings (SSSR count). The fourth-order valence-corrected chi connectivity index (χ4v) is 1.42. The van der Waals surface area contributed by atoms with E-state index in [0.717, 1.165) is 11.4 Å². The van der Waals surface area contributed by atoms with Crippen LogP contribution in [0.2, 0.25) is 0 Å². The van der Waals surface area contributed by atoms with Gasteiger partial charge in [-0.05, 0) is 11.6 Å². The Kier molecular flexibility index (Phi) is 3.26. The van der Waals surface area contributed by atoms with E-state index in [2.05, 4.69) is 26.6 Å². The van der Waals surface area contributed by atoms with Crippen molar-refractivity contribution in [1.29, 1.82) is 5.26 Å². The molecule has 16 heavy (non-hydrogen) atoms. The minimum Gasteiger partial charge on any atom is -0.306 e. The molecular formula is C11H11N5. The Morgan fingerprint density at radius 1 is 1.31 bits per heavy atom. The van der Waals surface area contributed by atoms with Gasteiger partial charge in [-0.1, -0.05) is 18.2 Å². The number of nitriles is 1. The van der Waals surface area contributed by atoms with Gasteiger partial charge in [0.25, 0.3) is 0 Å². The van der Waals surface area contributed by atoms with Crippen molar-refractivity contribution >= 4 is 0 Å². The van der Waals surface area contributed by atoms with Crippen LogP contribution in [-0.2, 0) is 13.1 Å². The van der Waals surface area contributed by atoms with Gasteiger partial charge in [-0.2, -0.15) is 10.4 Å². The third-order valence-corrected chi connectivity index (χ3v) is 2.21. The maximum absolute atomic E-state index is 8.90. The number of H-pyrrole nitrogens is 1. The fraction of sp³-hybridized carbons (Fsp3) is 0.182. The number of hydrogen-bond donors (Lipinski definition) is 2. The molecule has 1 heterocycles. The molecule has 1 aromatic carbocycles. The lowest BCUT2D eigenvalue weighted by Gasteiger charge is -2.04. The number of hydrogen-bond acceptors (Lipinski definition) is 4. The molecule has 1 aromatic heterocycles. The van der Waals surface area contributed by atoms with Crippen molar-refractivity contribution in [3.63, 3.8) is 0 Å². The number of aromatic amines is 1. The largest absolute Gasteiger partial charge is 0.306 e. The van der Waals surface area contributed by atoms with Crippen LogP contribution in [0.1, 0.15) is 17.0 Å². The summed E-state index contributed by atoms with van der Waals surface area (Å²) in [5.74, 6) is 0.787. The third kappa shape index (κ3) is 2.43. The Morgan fingerprint density at radius 3 is 2.94 bits per heavy atom. The first-order valence-electron chi connectivity index (χ1n) is 4.93. The topological polar surface area (TPSA) is 77.4 Å². The molecular weight excluding hydrogens is 202 g/mol. The van der Waals surface area contributed by atoms with Gasteiger partial charge < -0.3 is 5.32 Å². The minimum absolute atomic E-state index is 0.611. The van der Waals surface area contributed by atoms with Gasteiger partial charge in [0.1, 0.15) is 12.2 Å². The Balaban J connectivity index is 1.93. The number of aromatic nitrogens is 3. The number of rotatable bonds is 4. The average molecular weight is 213 g/mol. The summed E-state index contributed by atoms with van der Waals surface area (Å²) in [6.45, 7) is 1.25. The van der Waals surface area contributed by atoms with Gasteiger partial charge in [-0.3, -0.25) is 5.10 Å². The van der Waals surface area contributed by atoms with Gasteiger partial charge in [0, 0.05) is 6.54 Å². The van der Waals surface area contributed by atoms with Crippen molar-refractivity contribution < 1.29 is 0 Å². The highest BCUT2D eigenvalue weighted by molar-refractivity contribution is 5.37. The Bertz CT molecular complexity index is 483. The summed E-state index contributed by atoms with van der Waals surface area (Å²) in [5.41, 5.74) is 1.69. The molecule has 0 aliphatic rings. The van der Waals surface area contributed by atoms with Crippen LogP contribution in [0.15, 0.2) is 30.6 Å². The van der Waals surface area contributed by atoms with E-state index in [1.807, 2.05) is 24.3 Å². The molecule has 0 spiro atoms. The van der Waals surface area contributed by atoms with Gasteiger partial charge in [-0.15, -0.1) is 0 Å². The molecule has 80 valence electrons. The fourth-order valence-electron chi connectivity index (χ4n) is 1.42. The number of benzene rings is 1. The average Bonchev–Trinajstić information content (AvgIpc) is 2.83. The van der Waals surface area contributed by atoms with Gasteiger partial charge in [0.15, 0.2) is 0 Å². The molecule has 5 heteroatoms. The molecule has 5 nitrogen and oxygen atoms in total. The molecule has 2 N–H and O–H groups in total. The molecule has 2 aromatic rings. The lowest BCUT2D eigenvalue weighted by atomic mass is 10.1. The van der Waals surface area contributed by atoms with Crippen LogP contribution in [0.25, 0.3) is 0 Å². The first kappa shape index (κ1) is 10.3. The molecule has 0 amide bonds. The van der Waals surface area contributed by atoms with E-state index in [1.54, 1.807) is 0 Å². The molecule has 0 aliphatic heterocycles. The predicted octanol–water partition coefficient (Wildman–Crippen LogP) is 0.966. The smallest absolute Gasteiger partial charge is 0.138 e. The molecule has 0 aliphatic carbocycles. The molecule has 0 fully saturated rings. The summed E-state index contributed by atoms with van der Waals surface area (Å²) >= 11 is 0. The molecule has 0 bridgehead atoms. The van der Waals surface area contributed by atoms with Crippen molar-refractivity contribution in [2.45, 2.75) is 13.1 Å². The molecule has 0 unspecified atom stereocenters. The maximum Gasteiger partial charge on any atom is 0.138 e. The Labute approximate surface area is 93.1 Å². The summed E-state index contributed by atoms with van der Waals surface area (Å²) in [4.78, 5) is 4.00. The van der Waals surface area contributed by atoms with Crippen molar-refractivity contribution in [3.8, 4) is 6.07 Å². The SMILES string of the molecule is N#Cc1ccccc1CNCc1ncn[nH]1. The van der Waals surface area contributed by atoms with E-state index in [1.165, 1.54) is 6.33 Å². The molecule has 0 atom stereocenters. The van der Waals surface area contributed by atoms with Crippen LogP contribution in [0, 0.1) is 11.3 Å². The first-order chi connectivity index (χ1) is 7.90. The lowest BCUT2D eigenvalue weighted by Crippen LogP contribution is -2.14. The predicted molar refractivity (Wildman–Crippen MR) is 58.1 cm³/mol. The van der Waals surface area contributed by atoms with Crippen molar-refractivity contribution in [1.82, 2.24) is 20.5 Å². The van der Waals surface area contributed by atoms with E-state index in [9.17, 15) is 0 Å². The van der Waals surface area contributed by atoms with E-state index >= 15 is 0 Å². The number of nitrogens with one attached hydrogen (secondary N) is 2. The van der Waals surface area contributed by atoms with E-state index in [0.29, 0.717) is 18.7 Å². The van der Waals surface area contributed by atoms with Crippen molar-refractivity contribution in [2.24, 2.45) is 0 Å². The standard InChI is InChI=1S/C11H11N5/c12-5-9-3-1-2-4-10(9)6-13-7-11-14-8-15-16-11/h1-4,8,13H,6-7H2,(H,14,15,16). The second kappa shape index (κ2) is 5.05. The van der Waals surface area contributed by atoms with E-state index in [-0.39, 0.29) is 0 Å². The molecule has 0 radical (unpaired) electrons. The number of nitrogens with zero attached hydrogens (tertiary/aromatic N) is 3. The van der Waals surface area contributed by atoms with Crippen LogP contribution in [0.5, 0.6) is 0 Å².